The van der Waals surface area contributed by atoms with Gasteiger partial charge in [0.15, 0.2) is 0 Å². The van der Waals surface area contributed by atoms with Crippen LogP contribution in [0.4, 0.5) is 17.1 Å². The van der Waals surface area contributed by atoms with E-state index >= 15 is 0 Å². The molecule has 3 heterocycles. The molecule has 0 fully saturated rings. The Bertz CT molecular complexity index is 1540. The Hall–Kier alpha value is -3.92. The lowest BCUT2D eigenvalue weighted by molar-refractivity contribution is 0.649. The van der Waals surface area contributed by atoms with Crippen LogP contribution >= 0.6 is 0 Å². The Morgan fingerprint density at radius 1 is 0.611 bits per heavy atom. The number of aromatic nitrogens is 3. The third kappa shape index (κ3) is 3.78. The number of nitrogens with one attached hydrogen (secondary N) is 1. The van der Waals surface area contributed by atoms with Crippen molar-refractivity contribution >= 4 is 49.8 Å². The molecular formula is C32H34N4. The van der Waals surface area contributed by atoms with Crippen LogP contribution in [0.1, 0.15) is 39.5 Å². The highest BCUT2D eigenvalue weighted by atomic mass is 15.2. The Labute approximate surface area is 212 Å². The predicted molar refractivity (Wildman–Crippen MR) is 154 cm³/mol. The lowest BCUT2D eigenvalue weighted by Crippen LogP contribution is -2.09. The number of rotatable bonds is 9. The summed E-state index contributed by atoms with van der Waals surface area (Å²) in [5.41, 5.74) is 7.38. The van der Waals surface area contributed by atoms with Crippen molar-refractivity contribution in [3.05, 3.63) is 91.4 Å². The van der Waals surface area contributed by atoms with E-state index in [1.807, 2.05) is 0 Å². The molecule has 0 radical (unpaired) electrons. The summed E-state index contributed by atoms with van der Waals surface area (Å²) in [6, 6.07) is 26.3. The molecule has 0 saturated carbocycles. The van der Waals surface area contributed by atoms with E-state index in [2.05, 4.69) is 124 Å². The largest absolute Gasteiger partial charge is 0.359 e. The highest BCUT2D eigenvalue weighted by molar-refractivity contribution is 6.08. The Balaban J connectivity index is 1.64. The minimum absolute atomic E-state index is 1.02. The van der Waals surface area contributed by atoms with Gasteiger partial charge in [-0.15, -0.1) is 0 Å². The smallest absolute Gasteiger partial charge is 0.0718 e. The van der Waals surface area contributed by atoms with Gasteiger partial charge >= 0.3 is 0 Å². The van der Waals surface area contributed by atoms with Crippen LogP contribution in [0.5, 0.6) is 0 Å². The van der Waals surface area contributed by atoms with Crippen molar-refractivity contribution < 1.29 is 0 Å². The molecule has 4 nitrogen and oxygen atoms in total. The number of H-pyrrole nitrogens is 1. The summed E-state index contributed by atoms with van der Waals surface area (Å²) in [5.74, 6) is 0. The van der Waals surface area contributed by atoms with Crippen LogP contribution in [0.2, 0.25) is 0 Å². The van der Waals surface area contributed by atoms with Crippen LogP contribution in [0, 0.1) is 0 Å². The van der Waals surface area contributed by atoms with Gasteiger partial charge in [-0.3, -0.25) is 0 Å². The van der Waals surface area contributed by atoms with Gasteiger partial charge in [-0.2, -0.15) is 0 Å². The average molecular weight is 475 g/mol. The van der Waals surface area contributed by atoms with Crippen molar-refractivity contribution in [1.82, 2.24) is 14.1 Å². The first-order valence-corrected chi connectivity index (χ1v) is 13.3. The molecule has 3 aromatic heterocycles. The predicted octanol–water partition coefficient (Wildman–Crippen LogP) is 9.15. The maximum atomic E-state index is 3.53. The average Bonchev–Trinajstić information content (AvgIpc) is 3.62. The second-order valence-electron chi connectivity index (χ2n) is 9.71. The van der Waals surface area contributed by atoms with Crippen molar-refractivity contribution in [2.45, 2.75) is 52.6 Å². The number of aromatic amines is 1. The van der Waals surface area contributed by atoms with Crippen LogP contribution in [0.25, 0.3) is 32.7 Å². The van der Waals surface area contributed by atoms with E-state index in [1.165, 1.54) is 69.9 Å². The first kappa shape index (κ1) is 22.5. The number of para-hydroxylation sites is 3. The lowest BCUT2D eigenvalue weighted by Gasteiger charge is -2.23. The summed E-state index contributed by atoms with van der Waals surface area (Å²) in [7, 11) is 0. The van der Waals surface area contributed by atoms with Crippen LogP contribution < -0.4 is 4.90 Å². The third-order valence-corrected chi connectivity index (χ3v) is 7.33. The highest BCUT2D eigenvalue weighted by Crippen LogP contribution is 2.45. The summed E-state index contributed by atoms with van der Waals surface area (Å²) in [6.07, 6.45) is 11.6. The maximum Gasteiger partial charge on any atom is 0.0718 e. The zero-order valence-electron chi connectivity index (χ0n) is 21.2. The summed E-state index contributed by atoms with van der Waals surface area (Å²) < 4.78 is 4.87. The lowest BCUT2D eigenvalue weighted by atomic mass is 10.1. The number of nitrogens with zero attached hydrogens (tertiary/aromatic N) is 3. The molecule has 0 aliphatic rings. The van der Waals surface area contributed by atoms with Crippen molar-refractivity contribution in [3.8, 4) is 0 Å². The summed E-state index contributed by atoms with van der Waals surface area (Å²) >= 11 is 0. The van der Waals surface area contributed by atoms with Crippen molar-refractivity contribution in [2.24, 2.45) is 0 Å². The van der Waals surface area contributed by atoms with Gasteiger partial charge in [0.2, 0.25) is 0 Å². The van der Waals surface area contributed by atoms with E-state index in [0.717, 1.165) is 18.6 Å². The molecule has 4 heteroatoms. The van der Waals surface area contributed by atoms with E-state index in [0.29, 0.717) is 0 Å². The van der Waals surface area contributed by atoms with E-state index in [9.17, 15) is 0 Å². The molecule has 0 spiro atoms. The molecule has 0 aliphatic carbocycles. The highest BCUT2D eigenvalue weighted by Gasteiger charge is 2.24. The van der Waals surface area contributed by atoms with Gasteiger partial charge in [-0.25, -0.2) is 0 Å². The summed E-state index contributed by atoms with van der Waals surface area (Å²) in [5, 5.41) is 3.79. The Morgan fingerprint density at radius 2 is 1.11 bits per heavy atom. The fourth-order valence-electron chi connectivity index (χ4n) is 5.47. The van der Waals surface area contributed by atoms with Crippen molar-refractivity contribution in [2.75, 3.05) is 4.90 Å². The van der Waals surface area contributed by atoms with Gasteiger partial charge in [0, 0.05) is 53.4 Å². The van der Waals surface area contributed by atoms with Gasteiger partial charge in [-0.05, 0) is 31.0 Å². The quantitative estimate of drug-likeness (QED) is 0.222. The fraction of sp³-hybridized carbons (Fsp3) is 0.250. The number of aryl methyl sites for hydroxylation is 2. The first-order valence-electron chi connectivity index (χ1n) is 13.3. The zero-order chi connectivity index (χ0) is 24.5. The molecular weight excluding hydrogens is 440 g/mol. The number of hydrogen-bond donors (Lipinski definition) is 1. The van der Waals surface area contributed by atoms with Gasteiger partial charge in [0.05, 0.1) is 28.1 Å². The van der Waals surface area contributed by atoms with Crippen LogP contribution in [0.15, 0.2) is 91.4 Å². The molecule has 0 atom stereocenters. The Morgan fingerprint density at radius 3 is 1.67 bits per heavy atom. The third-order valence-electron chi connectivity index (χ3n) is 7.33. The minimum atomic E-state index is 1.02. The molecule has 0 saturated heterocycles. The van der Waals surface area contributed by atoms with Crippen LogP contribution in [-0.2, 0) is 13.1 Å². The van der Waals surface area contributed by atoms with Crippen molar-refractivity contribution in [1.29, 1.82) is 0 Å². The molecule has 0 amide bonds. The first-order chi connectivity index (χ1) is 17.8. The SMILES string of the molecule is CCCCn1cc(N(c2c[nH]c3ccccc23)c2cn(CCCC)c3ccccc23)c2ccccc21. The molecule has 0 aliphatic heterocycles. The second-order valence-corrected chi connectivity index (χ2v) is 9.71. The van der Waals surface area contributed by atoms with Gasteiger partial charge in [0.25, 0.3) is 0 Å². The van der Waals surface area contributed by atoms with Gasteiger partial charge < -0.3 is 19.0 Å². The van der Waals surface area contributed by atoms with Crippen LogP contribution in [0.3, 0.4) is 0 Å². The number of anilines is 3. The fourth-order valence-corrected chi connectivity index (χ4v) is 5.47. The molecule has 1 N–H and O–H groups in total. The summed E-state index contributed by atoms with van der Waals surface area (Å²) in [4.78, 5) is 6.01. The zero-order valence-corrected chi connectivity index (χ0v) is 21.2. The number of fused-ring (bicyclic) bond motifs is 3. The number of unbranched alkanes of at least 4 members (excludes halogenated alkanes) is 2. The van der Waals surface area contributed by atoms with E-state index < -0.39 is 0 Å². The van der Waals surface area contributed by atoms with Crippen molar-refractivity contribution in [3.63, 3.8) is 0 Å². The van der Waals surface area contributed by atoms with Gasteiger partial charge in [-0.1, -0.05) is 81.3 Å². The second kappa shape index (κ2) is 9.62. The molecule has 0 unspecified atom stereocenters. The standard InChI is InChI=1S/C32H34N4/c1-3-5-19-34-22-31(25-14-8-11-17-28(25)34)36(30-21-33-27-16-10-7-13-24(27)30)32-23-35(20-6-4-2)29-18-12-9-15-26(29)32/h7-18,21-23,33H,3-6,19-20H2,1-2H3. The molecule has 36 heavy (non-hydrogen) atoms. The number of hydrogen-bond acceptors (Lipinski definition) is 1. The number of benzene rings is 3. The normalized spacial score (nSPS) is 11.7. The monoisotopic (exact) mass is 474 g/mol. The van der Waals surface area contributed by atoms with E-state index in [4.69, 9.17) is 0 Å². The molecule has 182 valence electrons. The Kier molecular flexibility index (Phi) is 6.02. The minimum Gasteiger partial charge on any atom is -0.359 e. The van der Waals surface area contributed by atoms with E-state index in [-0.39, 0.29) is 0 Å². The van der Waals surface area contributed by atoms with Crippen LogP contribution in [-0.4, -0.2) is 14.1 Å². The molecule has 6 rings (SSSR count). The molecule has 3 aromatic carbocycles. The topological polar surface area (TPSA) is 28.9 Å². The van der Waals surface area contributed by atoms with E-state index in [1.54, 1.807) is 0 Å². The maximum absolute atomic E-state index is 3.53. The molecule has 0 bridgehead atoms. The molecule has 6 aromatic rings. The van der Waals surface area contributed by atoms with Gasteiger partial charge in [0.1, 0.15) is 0 Å². The summed E-state index contributed by atoms with van der Waals surface area (Å²) in [6.45, 7) is 6.57.